The van der Waals surface area contributed by atoms with Crippen LogP contribution in [0.25, 0.3) is 0 Å². The molecule has 0 unspecified atom stereocenters. The van der Waals surface area contributed by atoms with Crippen molar-refractivity contribution in [1.82, 2.24) is 0 Å². The van der Waals surface area contributed by atoms with Gasteiger partial charge in [-0.25, -0.2) is 13.2 Å². The maximum atomic E-state index is 14.1. The van der Waals surface area contributed by atoms with Crippen molar-refractivity contribution in [3.63, 3.8) is 0 Å². The van der Waals surface area contributed by atoms with E-state index in [1.54, 1.807) is 6.07 Å². The van der Waals surface area contributed by atoms with Crippen molar-refractivity contribution in [3.8, 4) is 17.6 Å². The molecule has 194 valence electrons. The average molecular weight is 520 g/mol. The lowest BCUT2D eigenvalue weighted by atomic mass is 9.70. The fourth-order valence-electron chi connectivity index (χ4n) is 4.57. The quantitative estimate of drug-likeness (QED) is 0.322. The van der Waals surface area contributed by atoms with Gasteiger partial charge in [-0.15, -0.1) is 0 Å². The highest BCUT2D eigenvalue weighted by molar-refractivity contribution is 6.00. The van der Waals surface area contributed by atoms with Gasteiger partial charge in [0.15, 0.2) is 11.5 Å². The summed E-state index contributed by atoms with van der Waals surface area (Å²) in [7, 11) is 1.30. The molecule has 0 spiro atoms. The molecule has 6 nitrogen and oxygen atoms in total. The van der Waals surface area contributed by atoms with Gasteiger partial charge in [0, 0.05) is 24.0 Å². The molecule has 11 heteroatoms. The number of methoxy groups -OCH3 is 1. The number of nitriles is 1. The normalized spacial score (nSPS) is 18.8. The number of rotatable bonds is 5. The largest absolute Gasteiger partial charge is 0.496 e. The molecule has 1 aliphatic carbocycles. The summed E-state index contributed by atoms with van der Waals surface area (Å²) in [5, 5.41) is 9.79. The SMILES string of the molecule is COc1ccc([C@@H]2C(C#N)=C(N)OC3=C2C(=O)CC(C)(C)C3)cc1COc1c(F)c(F)c(F)c(F)c1F. The van der Waals surface area contributed by atoms with Gasteiger partial charge in [-0.3, -0.25) is 4.79 Å². The Bertz CT molecular complexity index is 1400. The van der Waals surface area contributed by atoms with E-state index in [4.69, 9.17) is 19.9 Å². The standard InChI is InChI=1S/C26H21F5N2O4/c1-26(2)7-14(34)18-16(8-26)37-25(33)13(9-32)17(18)11-4-5-15(35-3)12(6-11)10-36-24-22(30)20(28)19(27)21(29)23(24)31/h4-6,17H,7-8,10,33H2,1-3H3/t17-/m1/s1. The Hall–Kier alpha value is -4.07. The third-order valence-corrected chi connectivity index (χ3v) is 6.25. The molecule has 0 bridgehead atoms. The molecule has 2 aliphatic rings. The lowest BCUT2D eigenvalue weighted by Gasteiger charge is -2.37. The van der Waals surface area contributed by atoms with Gasteiger partial charge in [0.1, 0.15) is 29.8 Å². The smallest absolute Gasteiger partial charge is 0.207 e. The Kier molecular flexibility index (Phi) is 6.62. The Balaban J connectivity index is 1.78. The van der Waals surface area contributed by atoms with Crippen LogP contribution in [0.5, 0.6) is 11.5 Å². The first-order valence-electron chi connectivity index (χ1n) is 11.0. The van der Waals surface area contributed by atoms with Gasteiger partial charge in [-0.05, 0) is 23.1 Å². The number of ether oxygens (including phenoxy) is 3. The van der Waals surface area contributed by atoms with Crippen LogP contribution >= 0.6 is 0 Å². The highest BCUT2D eigenvalue weighted by Gasteiger charge is 2.43. The summed E-state index contributed by atoms with van der Waals surface area (Å²) >= 11 is 0. The first-order valence-corrected chi connectivity index (χ1v) is 11.0. The molecular formula is C26H21F5N2O4. The summed E-state index contributed by atoms with van der Waals surface area (Å²) in [6.07, 6.45) is 0.604. The predicted molar refractivity (Wildman–Crippen MR) is 119 cm³/mol. The van der Waals surface area contributed by atoms with Crippen LogP contribution in [0.3, 0.4) is 0 Å². The number of halogens is 5. The average Bonchev–Trinajstić information content (AvgIpc) is 2.84. The number of nitrogens with zero attached hydrogens (tertiary/aromatic N) is 1. The van der Waals surface area contributed by atoms with Crippen molar-refractivity contribution in [1.29, 1.82) is 5.26 Å². The van der Waals surface area contributed by atoms with Gasteiger partial charge in [-0.2, -0.15) is 14.0 Å². The molecule has 4 rings (SSSR count). The molecule has 0 saturated carbocycles. The molecular weight excluding hydrogens is 499 g/mol. The molecule has 1 heterocycles. The minimum absolute atomic E-state index is 0.0105. The van der Waals surface area contributed by atoms with E-state index in [1.807, 2.05) is 19.9 Å². The molecule has 0 radical (unpaired) electrons. The van der Waals surface area contributed by atoms with Crippen LogP contribution in [0.4, 0.5) is 22.0 Å². The molecule has 0 saturated heterocycles. The number of carbonyl (C=O) groups excluding carboxylic acids is 1. The van der Waals surface area contributed by atoms with Gasteiger partial charge in [0.2, 0.25) is 35.0 Å². The van der Waals surface area contributed by atoms with Gasteiger partial charge >= 0.3 is 0 Å². The molecule has 2 aromatic rings. The maximum absolute atomic E-state index is 14.1. The van der Waals surface area contributed by atoms with Crippen molar-refractivity contribution in [2.24, 2.45) is 11.1 Å². The van der Waals surface area contributed by atoms with Crippen molar-refractivity contribution in [3.05, 3.63) is 81.2 Å². The zero-order valence-corrected chi connectivity index (χ0v) is 20.0. The maximum Gasteiger partial charge on any atom is 0.207 e. The molecule has 1 aliphatic heterocycles. The number of hydrogen-bond donors (Lipinski definition) is 1. The van der Waals surface area contributed by atoms with Crippen LogP contribution in [0.2, 0.25) is 0 Å². The van der Waals surface area contributed by atoms with Crippen molar-refractivity contribution in [2.45, 2.75) is 39.2 Å². The van der Waals surface area contributed by atoms with Gasteiger partial charge in [0.25, 0.3) is 0 Å². The Morgan fingerprint density at radius 3 is 2.30 bits per heavy atom. The van der Waals surface area contributed by atoms with Crippen LogP contribution in [0, 0.1) is 45.8 Å². The van der Waals surface area contributed by atoms with Crippen molar-refractivity contribution < 1.29 is 41.0 Å². The summed E-state index contributed by atoms with van der Waals surface area (Å²) in [4.78, 5) is 13.1. The van der Waals surface area contributed by atoms with E-state index in [-0.39, 0.29) is 40.5 Å². The highest BCUT2D eigenvalue weighted by atomic mass is 19.2. The van der Waals surface area contributed by atoms with Crippen LogP contribution in [0.1, 0.15) is 43.7 Å². The Morgan fingerprint density at radius 2 is 1.70 bits per heavy atom. The third kappa shape index (κ3) is 4.48. The number of nitrogens with two attached hydrogens (primary N) is 1. The van der Waals surface area contributed by atoms with Gasteiger partial charge in [-0.1, -0.05) is 19.9 Å². The number of allylic oxidation sites excluding steroid dienone is 3. The lowest BCUT2D eigenvalue weighted by Crippen LogP contribution is -2.33. The summed E-state index contributed by atoms with van der Waals surface area (Å²) in [6.45, 7) is 3.14. The Labute approximate surface area is 208 Å². The molecule has 0 fully saturated rings. The van der Waals surface area contributed by atoms with E-state index in [1.165, 1.54) is 19.2 Å². The van der Waals surface area contributed by atoms with E-state index < -0.39 is 52.8 Å². The second-order valence-corrected chi connectivity index (χ2v) is 9.46. The summed E-state index contributed by atoms with van der Waals surface area (Å²) < 4.78 is 84.6. The van der Waals surface area contributed by atoms with Crippen molar-refractivity contribution in [2.75, 3.05) is 7.11 Å². The minimum Gasteiger partial charge on any atom is -0.496 e. The fraction of sp³-hybridized carbons (Fsp3) is 0.308. The summed E-state index contributed by atoms with van der Waals surface area (Å²) in [5.74, 6) is -13.1. The second kappa shape index (κ2) is 9.42. The number of ketones is 1. The fourth-order valence-corrected chi connectivity index (χ4v) is 4.57. The molecule has 37 heavy (non-hydrogen) atoms. The number of hydrogen-bond acceptors (Lipinski definition) is 6. The van der Waals surface area contributed by atoms with Crippen LogP contribution < -0.4 is 15.2 Å². The monoisotopic (exact) mass is 520 g/mol. The number of Topliss-reactive ketones (excluding diaryl/α,β-unsaturated/α-hetero) is 1. The zero-order chi connectivity index (χ0) is 27.2. The van der Waals surface area contributed by atoms with Gasteiger partial charge < -0.3 is 19.9 Å². The molecule has 2 N–H and O–H groups in total. The Morgan fingerprint density at radius 1 is 1.08 bits per heavy atom. The molecule has 0 aromatic heterocycles. The zero-order valence-electron chi connectivity index (χ0n) is 20.0. The topological polar surface area (TPSA) is 94.6 Å². The highest BCUT2D eigenvalue weighted by Crippen LogP contribution is 2.48. The first-order chi connectivity index (χ1) is 17.4. The second-order valence-electron chi connectivity index (χ2n) is 9.46. The molecule has 0 amide bonds. The first kappa shape index (κ1) is 26.0. The minimum atomic E-state index is -2.31. The lowest BCUT2D eigenvalue weighted by molar-refractivity contribution is -0.119. The summed E-state index contributed by atoms with van der Waals surface area (Å²) in [6, 6.07) is 6.46. The van der Waals surface area contributed by atoms with E-state index in [0.29, 0.717) is 17.7 Å². The van der Waals surface area contributed by atoms with Crippen LogP contribution in [0.15, 0.2) is 41.0 Å². The number of benzene rings is 2. The van der Waals surface area contributed by atoms with E-state index in [9.17, 15) is 32.0 Å². The molecule has 1 atom stereocenters. The predicted octanol–water partition coefficient (Wildman–Crippen LogP) is 5.42. The van der Waals surface area contributed by atoms with E-state index in [2.05, 4.69) is 0 Å². The number of carbonyl (C=O) groups is 1. The summed E-state index contributed by atoms with van der Waals surface area (Å²) in [5.41, 5.74) is 6.42. The van der Waals surface area contributed by atoms with Gasteiger partial charge in [0.05, 0.1) is 13.0 Å². The molecule has 2 aromatic carbocycles. The van der Waals surface area contributed by atoms with Crippen LogP contribution in [-0.2, 0) is 16.1 Å². The van der Waals surface area contributed by atoms with Crippen LogP contribution in [-0.4, -0.2) is 12.9 Å². The van der Waals surface area contributed by atoms with E-state index >= 15 is 0 Å². The van der Waals surface area contributed by atoms with E-state index in [0.717, 1.165) is 0 Å². The third-order valence-electron chi connectivity index (χ3n) is 6.25. The van der Waals surface area contributed by atoms with Crippen molar-refractivity contribution >= 4 is 5.78 Å².